The summed E-state index contributed by atoms with van der Waals surface area (Å²) in [5.74, 6) is 0.383. The summed E-state index contributed by atoms with van der Waals surface area (Å²) < 4.78 is 9.47. The molecule has 1 aromatic rings. The van der Waals surface area contributed by atoms with Gasteiger partial charge in [-0.3, -0.25) is 4.79 Å². The molecule has 1 radical (unpaired) electrons. The van der Waals surface area contributed by atoms with Gasteiger partial charge < -0.3 is 9.15 Å². The van der Waals surface area contributed by atoms with E-state index in [1.54, 1.807) is 6.07 Å². The van der Waals surface area contributed by atoms with Crippen molar-refractivity contribution in [2.75, 3.05) is 0 Å². The number of furan rings is 1. The maximum Gasteiger partial charge on any atom is 0.308 e. The number of ether oxygens (including phenoxy) is 1. The van der Waals surface area contributed by atoms with Crippen molar-refractivity contribution in [3.63, 3.8) is 0 Å². The van der Waals surface area contributed by atoms with Crippen molar-refractivity contribution in [1.82, 2.24) is 0 Å². The Bertz CT molecular complexity index is 237. The molecule has 0 bridgehead atoms. The van der Waals surface area contributed by atoms with Gasteiger partial charge >= 0.3 is 5.97 Å². The molecule has 0 atom stereocenters. The molecular weight excluding hydrogens is 132 g/mol. The number of hydrogen-bond acceptors (Lipinski definition) is 3. The second-order valence-electron chi connectivity index (χ2n) is 1.80. The fourth-order valence-electron chi connectivity index (χ4n) is 0.575. The Morgan fingerprint density at radius 2 is 2.50 bits per heavy atom. The van der Waals surface area contributed by atoms with Crippen molar-refractivity contribution in [2.24, 2.45) is 0 Å². The highest BCUT2D eigenvalue weighted by Gasteiger charge is 2.03. The van der Waals surface area contributed by atoms with E-state index >= 15 is 0 Å². The Morgan fingerprint density at radius 3 is 2.90 bits per heavy atom. The van der Waals surface area contributed by atoms with E-state index in [-0.39, 0.29) is 5.97 Å². The van der Waals surface area contributed by atoms with Crippen LogP contribution in [-0.2, 0) is 4.79 Å². The SMILES string of the molecule is [CH2]c1occc1OC(C)=O. The van der Waals surface area contributed by atoms with Crippen molar-refractivity contribution in [1.29, 1.82) is 0 Å². The summed E-state index contributed by atoms with van der Waals surface area (Å²) >= 11 is 0. The van der Waals surface area contributed by atoms with E-state index in [9.17, 15) is 4.79 Å². The minimum absolute atomic E-state index is 0.369. The highest BCUT2D eigenvalue weighted by molar-refractivity contribution is 5.69. The van der Waals surface area contributed by atoms with Crippen LogP contribution in [0.2, 0.25) is 0 Å². The third-order valence-corrected chi connectivity index (χ3v) is 0.958. The van der Waals surface area contributed by atoms with Crippen LogP contribution in [0.1, 0.15) is 12.7 Å². The summed E-state index contributed by atoms with van der Waals surface area (Å²) in [5.41, 5.74) is 0. The van der Waals surface area contributed by atoms with Crippen LogP contribution in [0.25, 0.3) is 0 Å². The zero-order chi connectivity index (χ0) is 7.56. The third kappa shape index (κ3) is 1.37. The molecule has 0 amide bonds. The predicted octanol–water partition coefficient (Wildman–Crippen LogP) is 1.39. The van der Waals surface area contributed by atoms with Crippen molar-refractivity contribution >= 4 is 5.97 Å². The van der Waals surface area contributed by atoms with E-state index in [0.29, 0.717) is 11.5 Å². The highest BCUT2D eigenvalue weighted by Crippen LogP contribution is 2.17. The first kappa shape index (κ1) is 6.86. The quantitative estimate of drug-likeness (QED) is 0.552. The molecule has 0 aliphatic carbocycles. The standard InChI is InChI=1S/C7H7O3/c1-5-7(3-4-9-5)10-6(2)8/h3-4H,1H2,2H3. The molecule has 0 saturated carbocycles. The van der Waals surface area contributed by atoms with Crippen molar-refractivity contribution in [3.05, 3.63) is 25.0 Å². The van der Waals surface area contributed by atoms with Crippen LogP contribution in [0.5, 0.6) is 5.75 Å². The maximum absolute atomic E-state index is 10.4. The molecule has 3 nitrogen and oxygen atoms in total. The summed E-state index contributed by atoms with van der Waals surface area (Å²) in [6.45, 7) is 4.82. The van der Waals surface area contributed by atoms with E-state index in [4.69, 9.17) is 4.42 Å². The zero-order valence-corrected chi connectivity index (χ0v) is 5.59. The molecule has 0 aliphatic rings. The normalized spacial score (nSPS) is 9.40. The van der Waals surface area contributed by atoms with Gasteiger partial charge in [-0.25, -0.2) is 0 Å². The molecule has 53 valence electrons. The molecule has 0 unspecified atom stereocenters. The second-order valence-corrected chi connectivity index (χ2v) is 1.80. The summed E-state index contributed by atoms with van der Waals surface area (Å²) in [6, 6.07) is 1.55. The third-order valence-electron chi connectivity index (χ3n) is 0.958. The van der Waals surface area contributed by atoms with Gasteiger partial charge in [-0.1, -0.05) is 0 Å². The minimum atomic E-state index is -0.369. The molecule has 0 fully saturated rings. The Hall–Kier alpha value is -1.25. The molecule has 0 N–H and O–H groups in total. The summed E-state index contributed by atoms with van der Waals surface area (Å²) in [6.07, 6.45) is 1.42. The lowest BCUT2D eigenvalue weighted by molar-refractivity contribution is -0.131. The van der Waals surface area contributed by atoms with Crippen LogP contribution >= 0.6 is 0 Å². The molecule has 0 aromatic carbocycles. The Morgan fingerprint density at radius 1 is 1.80 bits per heavy atom. The van der Waals surface area contributed by atoms with Crippen LogP contribution < -0.4 is 4.74 Å². The minimum Gasteiger partial charge on any atom is -0.465 e. The molecule has 1 heterocycles. The first-order chi connectivity index (χ1) is 4.70. The van der Waals surface area contributed by atoms with Crippen LogP contribution in [0.4, 0.5) is 0 Å². The average molecular weight is 139 g/mol. The monoisotopic (exact) mass is 139 g/mol. The molecule has 0 spiro atoms. The molecule has 1 aromatic heterocycles. The lowest BCUT2D eigenvalue weighted by Crippen LogP contribution is -2.00. The van der Waals surface area contributed by atoms with E-state index in [0.717, 1.165) is 0 Å². The van der Waals surface area contributed by atoms with Gasteiger partial charge in [-0.15, -0.1) is 0 Å². The largest absolute Gasteiger partial charge is 0.465 e. The topological polar surface area (TPSA) is 39.4 Å². The molecule has 1 rings (SSSR count). The summed E-state index contributed by atoms with van der Waals surface area (Å²) in [4.78, 5) is 10.4. The van der Waals surface area contributed by atoms with Crippen LogP contribution in [0.15, 0.2) is 16.7 Å². The van der Waals surface area contributed by atoms with Gasteiger partial charge in [0.2, 0.25) is 0 Å². The predicted molar refractivity (Wildman–Crippen MR) is 34.5 cm³/mol. The van der Waals surface area contributed by atoms with Crippen LogP contribution in [0, 0.1) is 6.92 Å². The van der Waals surface area contributed by atoms with E-state index in [2.05, 4.69) is 11.7 Å². The first-order valence-corrected chi connectivity index (χ1v) is 2.78. The fourth-order valence-corrected chi connectivity index (χ4v) is 0.575. The van der Waals surface area contributed by atoms with Gasteiger partial charge in [0.05, 0.1) is 6.26 Å². The lowest BCUT2D eigenvalue weighted by Gasteiger charge is -1.95. The van der Waals surface area contributed by atoms with Gasteiger partial charge in [0.15, 0.2) is 5.75 Å². The lowest BCUT2D eigenvalue weighted by atomic mass is 10.4. The van der Waals surface area contributed by atoms with Crippen LogP contribution in [-0.4, -0.2) is 5.97 Å². The van der Waals surface area contributed by atoms with Crippen LogP contribution in [0.3, 0.4) is 0 Å². The number of carbonyl (C=O) groups is 1. The van der Waals surface area contributed by atoms with Crippen molar-refractivity contribution < 1.29 is 13.9 Å². The van der Waals surface area contributed by atoms with Gasteiger partial charge in [0, 0.05) is 19.9 Å². The first-order valence-electron chi connectivity index (χ1n) is 2.78. The Labute approximate surface area is 58.6 Å². The van der Waals surface area contributed by atoms with E-state index < -0.39 is 0 Å². The molecule has 10 heavy (non-hydrogen) atoms. The molecule has 0 saturated heterocycles. The molecule has 3 heteroatoms. The van der Waals surface area contributed by atoms with Gasteiger partial charge in [-0.2, -0.15) is 0 Å². The Balaban J connectivity index is 2.74. The highest BCUT2D eigenvalue weighted by atomic mass is 16.5. The molecule has 0 aliphatic heterocycles. The smallest absolute Gasteiger partial charge is 0.308 e. The number of rotatable bonds is 1. The van der Waals surface area contributed by atoms with Gasteiger partial charge in [0.25, 0.3) is 0 Å². The van der Waals surface area contributed by atoms with Gasteiger partial charge in [-0.05, 0) is 0 Å². The van der Waals surface area contributed by atoms with E-state index in [1.807, 2.05) is 0 Å². The summed E-state index contributed by atoms with van der Waals surface area (Å²) in [7, 11) is 0. The number of carbonyl (C=O) groups excluding carboxylic acids is 1. The van der Waals surface area contributed by atoms with E-state index in [1.165, 1.54) is 13.2 Å². The maximum atomic E-state index is 10.4. The van der Waals surface area contributed by atoms with Crippen molar-refractivity contribution in [3.8, 4) is 5.75 Å². The number of esters is 1. The van der Waals surface area contributed by atoms with Gasteiger partial charge in [0.1, 0.15) is 5.76 Å². The Kier molecular flexibility index (Phi) is 1.76. The summed E-state index contributed by atoms with van der Waals surface area (Å²) in [5, 5.41) is 0. The second kappa shape index (κ2) is 2.56. The molecular formula is C7H7O3. The number of hydrogen-bond donors (Lipinski definition) is 0. The average Bonchev–Trinajstić information content (AvgIpc) is 2.15. The van der Waals surface area contributed by atoms with Crippen molar-refractivity contribution in [2.45, 2.75) is 6.92 Å². The zero-order valence-electron chi connectivity index (χ0n) is 5.59. The fraction of sp³-hybridized carbons (Fsp3) is 0.143.